The molecule has 1 aromatic heterocycles. The van der Waals surface area contributed by atoms with Gasteiger partial charge < -0.3 is 9.80 Å². The molecule has 0 bridgehead atoms. The number of nitrogens with zero attached hydrogens (tertiary/aromatic N) is 5. The topological polar surface area (TPSA) is 27.5 Å². The molecular formula is C20H37N5. The molecule has 0 radical (unpaired) electrons. The summed E-state index contributed by atoms with van der Waals surface area (Å²) in [5.74, 6) is 0.607. The average molecular weight is 348 g/mol. The summed E-state index contributed by atoms with van der Waals surface area (Å²) >= 11 is 0. The van der Waals surface area contributed by atoms with Crippen LogP contribution in [0.5, 0.6) is 0 Å². The van der Waals surface area contributed by atoms with Gasteiger partial charge >= 0.3 is 0 Å². The Morgan fingerprint density at radius 2 is 1.80 bits per heavy atom. The molecule has 0 spiro atoms. The summed E-state index contributed by atoms with van der Waals surface area (Å²) in [5, 5.41) is 4.38. The third-order valence-electron chi connectivity index (χ3n) is 6.23. The Kier molecular flexibility index (Phi) is 5.86. The predicted molar refractivity (Wildman–Crippen MR) is 104 cm³/mol. The first kappa shape index (κ1) is 18.9. The second kappa shape index (κ2) is 7.77. The summed E-state index contributed by atoms with van der Waals surface area (Å²) in [5.41, 5.74) is 1.74. The highest BCUT2D eigenvalue weighted by Gasteiger charge is 2.40. The van der Waals surface area contributed by atoms with Gasteiger partial charge in [0.2, 0.25) is 0 Å². The van der Waals surface area contributed by atoms with Gasteiger partial charge in [0.05, 0.1) is 6.20 Å². The number of likely N-dealkylation sites (tertiary alicyclic amines) is 1. The van der Waals surface area contributed by atoms with Gasteiger partial charge in [-0.3, -0.25) is 9.58 Å². The zero-order chi connectivity index (χ0) is 18.0. The molecule has 0 aromatic carbocycles. The zero-order valence-corrected chi connectivity index (χ0v) is 16.9. The van der Waals surface area contributed by atoms with Crippen molar-refractivity contribution >= 4 is 0 Å². The molecule has 1 aromatic rings. The van der Waals surface area contributed by atoms with Crippen LogP contribution in [0.25, 0.3) is 0 Å². The molecular weight excluding hydrogens is 310 g/mol. The van der Waals surface area contributed by atoms with Crippen molar-refractivity contribution in [1.29, 1.82) is 0 Å². The third kappa shape index (κ3) is 4.63. The van der Waals surface area contributed by atoms with E-state index in [-0.39, 0.29) is 0 Å². The Morgan fingerprint density at radius 1 is 1.12 bits per heavy atom. The second-order valence-corrected chi connectivity index (χ2v) is 9.05. The molecule has 0 saturated carbocycles. The molecule has 2 saturated heterocycles. The first-order valence-electron chi connectivity index (χ1n) is 10.0. The summed E-state index contributed by atoms with van der Waals surface area (Å²) in [6.07, 6.45) is 5.55. The molecule has 1 atom stereocenters. The fraction of sp³-hybridized carbons (Fsp3) is 0.850. The highest BCUT2D eigenvalue weighted by atomic mass is 15.3. The summed E-state index contributed by atoms with van der Waals surface area (Å²) in [7, 11) is 2.02. The van der Waals surface area contributed by atoms with Crippen LogP contribution in [0.2, 0.25) is 0 Å². The van der Waals surface area contributed by atoms with Gasteiger partial charge in [0.25, 0.3) is 0 Å². The lowest BCUT2D eigenvalue weighted by Crippen LogP contribution is -2.49. The lowest BCUT2D eigenvalue weighted by Gasteiger charge is -2.37. The van der Waals surface area contributed by atoms with E-state index in [4.69, 9.17) is 0 Å². The number of aryl methyl sites for hydroxylation is 1. The molecule has 0 aliphatic carbocycles. The quantitative estimate of drug-likeness (QED) is 0.789. The van der Waals surface area contributed by atoms with Gasteiger partial charge in [0.15, 0.2) is 0 Å². The highest BCUT2D eigenvalue weighted by Crippen LogP contribution is 2.42. The Bertz CT molecular complexity index is 542. The van der Waals surface area contributed by atoms with Crippen molar-refractivity contribution in [3.05, 3.63) is 18.0 Å². The van der Waals surface area contributed by atoms with Crippen LogP contribution in [-0.2, 0) is 7.05 Å². The lowest BCUT2D eigenvalue weighted by atomic mass is 9.79. The third-order valence-corrected chi connectivity index (χ3v) is 6.23. The Hall–Kier alpha value is -0.910. The van der Waals surface area contributed by atoms with Crippen molar-refractivity contribution in [2.24, 2.45) is 12.5 Å². The van der Waals surface area contributed by atoms with Crippen LogP contribution in [0.1, 0.15) is 45.6 Å². The Labute approximate surface area is 154 Å². The van der Waals surface area contributed by atoms with Crippen molar-refractivity contribution in [3.8, 4) is 0 Å². The van der Waals surface area contributed by atoms with E-state index >= 15 is 0 Å². The number of piperazine rings is 1. The van der Waals surface area contributed by atoms with Crippen molar-refractivity contribution in [2.75, 3.05) is 52.4 Å². The maximum atomic E-state index is 4.38. The maximum Gasteiger partial charge on any atom is 0.0525 e. The van der Waals surface area contributed by atoms with Crippen LogP contribution >= 0.6 is 0 Å². The van der Waals surface area contributed by atoms with Gasteiger partial charge in [-0.05, 0) is 44.3 Å². The van der Waals surface area contributed by atoms with E-state index in [9.17, 15) is 0 Å². The predicted octanol–water partition coefficient (Wildman–Crippen LogP) is 2.26. The van der Waals surface area contributed by atoms with Crippen LogP contribution in [-0.4, -0.2) is 82.9 Å². The van der Waals surface area contributed by atoms with Crippen molar-refractivity contribution in [2.45, 2.75) is 46.1 Å². The normalized spacial score (nSPS) is 25.9. The smallest absolute Gasteiger partial charge is 0.0525 e. The number of hydrogen-bond acceptors (Lipinski definition) is 4. The van der Waals surface area contributed by atoms with Crippen LogP contribution in [0.4, 0.5) is 0 Å². The van der Waals surface area contributed by atoms with Gasteiger partial charge in [-0.15, -0.1) is 0 Å². The molecule has 1 unspecified atom stereocenters. The Balaban J connectivity index is 1.42. The standard InChI is InChI=1S/C20H37N5/c1-17(2)25-11-9-23(10-12-25)7-6-8-24-15-19(20(3,4)16-24)18-13-21-22(5)14-18/h13-14,17,19H,6-12,15-16H2,1-5H3. The highest BCUT2D eigenvalue weighted by molar-refractivity contribution is 5.18. The molecule has 3 rings (SSSR count). The molecule has 2 aliphatic rings. The summed E-state index contributed by atoms with van der Waals surface area (Å²) in [4.78, 5) is 7.92. The van der Waals surface area contributed by atoms with E-state index in [0.717, 1.165) is 0 Å². The van der Waals surface area contributed by atoms with Crippen molar-refractivity contribution in [1.82, 2.24) is 24.5 Å². The molecule has 0 N–H and O–H groups in total. The van der Waals surface area contributed by atoms with Crippen LogP contribution < -0.4 is 0 Å². The second-order valence-electron chi connectivity index (χ2n) is 9.05. The van der Waals surface area contributed by atoms with Crippen molar-refractivity contribution in [3.63, 3.8) is 0 Å². The van der Waals surface area contributed by atoms with Crippen molar-refractivity contribution < 1.29 is 0 Å². The molecule has 2 aliphatic heterocycles. The lowest BCUT2D eigenvalue weighted by molar-refractivity contribution is 0.105. The molecule has 5 nitrogen and oxygen atoms in total. The summed E-state index contributed by atoms with van der Waals surface area (Å²) in [6.45, 7) is 19.2. The number of rotatable bonds is 6. The first-order chi connectivity index (χ1) is 11.8. The monoisotopic (exact) mass is 347 g/mol. The van der Waals surface area contributed by atoms with Crippen LogP contribution in [0, 0.1) is 5.41 Å². The molecule has 142 valence electrons. The van der Waals surface area contributed by atoms with Gasteiger partial charge in [-0.25, -0.2) is 0 Å². The van der Waals surface area contributed by atoms with E-state index in [1.165, 1.54) is 64.3 Å². The SMILES string of the molecule is CC(C)N1CCN(CCCN2CC(c3cnn(C)c3)C(C)(C)C2)CC1. The Morgan fingerprint density at radius 3 is 2.40 bits per heavy atom. The summed E-state index contributed by atoms with van der Waals surface area (Å²) in [6, 6.07) is 0.693. The van der Waals surface area contributed by atoms with E-state index in [1.807, 2.05) is 11.7 Å². The average Bonchev–Trinajstić information content (AvgIpc) is 3.10. The molecule has 25 heavy (non-hydrogen) atoms. The van der Waals surface area contributed by atoms with Crippen LogP contribution in [0.3, 0.4) is 0 Å². The molecule has 5 heteroatoms. The van der Waals surface area contributed by atoms with Gasteiger partial charge in [-0.2, -0.15) is 5.10 Å². The minimum absolute atomic E-state index is 0.339. The molecule has 2 fully saturated rings. The molecule has 0 amide bonds. The van der Waals surface area contributed by atoms with Gasteiger partial charge in [-0.1, -0.05) is 13.8 Å². The minimum Gasteiger partial charge on any atom is -0.302 e. The number of hydrogen-bond donors (Lipinski definition) is 0. The van der Waals surface area contributed by atoms with E-state index in [1.54, 1.807) is 0 Å². The van der Waals surface area contributed by atoms with Gasteiger partial charge in [0, 0.05) is 64.5 Å². The fourth-order valence-corrected chi connectivity index (χ4v) is 4.62. The number of aromatic nitrogens is 2. The largest absolute Gasteiger partial charge is 0.302 e. The molecule has 3 heterocycles. The zero-order valence-electron chi connectivity index (χ0n) is 16.9. The summed E-state index contributed by atoms with van der Waals surface area (Å²) < 4.78 is 1.94. The van der Waals surface area contributed by atoms with Gasteiger partial charge in [0.1, 0.15) is 0 Å². The maximum absolute atomic E-state index is 4.38. The first-order valence-corrected chi connectivity index (χ1v) is 10.0. The fourth-order valence-electron chi connectivity index (χ4n) is 4.62. The van der Waals surface area contributed by atoms with E-state index in [2.05, 4.69) is 59.9 Å². The van der Waals surface area contributed by atoms with E-state index < -0.39 is 0 Å². The minimum atomic E-state index is 0.339. The van der Waals surface area contributed by atoms with E-state index in [0.29, 0.717) is 17.4 Å². The van der Waals surface area contributed by atoms with Crippen LogP contribution in [0.15, 0.2) is 12.4 Å².